The number of fused-ring (bicyclic) bond motifs is 3. The highest BCUT2D eigenvalue weighted by Crippen LogP contribution is 2.47. The highest BCUT2D eigenvalue weighted by atomic mass is 19.1. The number of likely N-dealkylation sites (N-methyl/N-ethyl adjacent to an activating group) is 1. The molecule has 7 atom stereocenters. The second-order valence-electron chi connectivity index (χ2n) is 8.09. The van der Waals surface area contributed by atoms with Crippen LogP contribution >= 0.6 is 0 Å². The Morgan fingerprint density at radius 2 is 1.86 bits per heavy atom. The summed E-state index contributed by atoms with van der Waals surface area (Å²) in [6.07, 6.45) is -0.358. The van der Waals surface area contributed by atoms with Gasteiger partial charge in [0.25, 0.3) is 0 Å². The van der Waals surface area contributed by atoms with E-state index in [1.54, 1.807) is 13.1 Å². The first-order valence-electron chi connectivity index (χ1n) is 9.55. The fourth-order valence-electron chi connectivity index (χ4n) is 5.39. The zero-order valence-corrected chi connectivity index (χ0v) is 15.3. The molecule has 2 heterocycles. The number of hydrogen-bond donors (Lipinski definition) is 2. The molecule has 0 spiro atoms. The van der Waals surface area contributed by atoms with Crippen LogP contribution in [0.3, 0.4) is 0 Å². The largest absolute Gasteiger partial charge is 0.390 e. The van der Waals surface area contributed by atoms with Gasteiger partial charge in [0, 0.05) is 7.05 Å². The van der Waals surface area contributed by atoms with Crippen LogP contribution in [0.2, 0.25) is 0 Å². The quantitative estimate of drug-likeness (QED) is 0.685. The summed E-state index contributed by atoms with van der Waals surface area (Å²) in [5, 5.41) is 30.9. The number of carbonyl (C=O) groups is 2. The molecule has 5 rings (SSSR count). The number of halogens is 1. The Labute approximate surface area is 160 Å². The van der Waals surface area contributed by atoms with E-state index in [-0.39, 0.29) is 5.82 Å². The van der Waals surface area contributed by atoms with Crippen LogP contribution in [-0.4, -0.2) is 63.3 Å². The highest BCUT2D eigenvalue weighted by molar-refractivity contribution is 6.06. The van der Waals surface area contributed by atoms with Crippen molar-refractivity contribution < 1.29 is 24.2 Å². The number of benzene rings is 1. The molecule has 2 aliphatic heterocycles. The number of aliphatic hydroxyl groups excluding tert-OH is 2. The van der Waals surface area contributed by atoms with E-state index in [4.69, 9.17) is 0 Å². The van der Waals surface area contributed by atoms with Gasteiger partial charge in [-0.15, -0.1) is 0 Å². The Morgan fingerprint density at radius 3 is 2.61 bits per heavy atom. The maximum absolute atomic E-state index is 13.6. The summed E-state index contributed by atoms with van der Waals surface area (Å²) in [7, 11) is 1.62. The Bertz CT molecular complexity index is 893. The lowest BCUT2D eigenvalue weighted by Crippen LogP contribution is -2.60. The molecule has 2 amide bonds. The van der Waals surface area contributed by atoms with Crippen molar-refractivity contribution >= 4 is 11.8 Å². The summed E-state index contributed by atoms with van der Waals surface area (Å²) >= 11 is 0. The summed E-state index contributed by atoms with van der Waals surface area (Å²) in [6, 6.07) is 2.52. The van der Waals surface area contributed by atoms with Gasteiger partial charge < -0.3 is 10.2 Å². The molecular weight excluding hydrogens is 367 g/mol. The molecule has 8 nitrogen and oxygen atoms in total. The Kier molecular flexibility index (Phi) is 3.82. The first-order valence-corrected chi connectivity index (χ1v) is 9.55. The van der Waals surface area contributed by atoms with Gasteiger partial charge in [0.1, 0.15) is 17.9 Å². The SMILES string of the molecule is CN1N=NC2C(O)C3C(=O)N(C4CCCc5cc(F)ccc54)C(=O)C3C(O)C21. The van der Waals surface area contributed by atoms with Gasteiger partial charge in [-0.3, -0.25) is 19.5 Å². The van der Waals surface area contributed by atoms with Gasteiger partial charge in [-0.1, -0.05) is 11.3 Å². The lowest BCUT2D eigenvalue weighted by molar-refractivity contribution is -0.144. The van der Waals surface area contributed by atoms with Gasteiger partial charge in [0.05, 0.1) is 30.1 Å². The van der Waals surface area contributed by atoms with E-state index in [0.717, 1.165) is 17.5 Å². The zero-order valence-electron chi connectivity index (χ0n) is 15.3. The van der Waals surface area contributed by atoms with Gasteiger partial charge in [-0.2, -0.15) is 5.11 Å². The standard InChI is InChI=1S/C19H21FN4O4/c1-23-15-14(21-22-23)16(25)12-13(17(15)26)19(28)24(18(12)27)11-4-2-3-8-7-9(20)5-6-10(8)11/h5-7,11-17,25-26H,2-4H2,1H3. The molecule has 4 aliphatic rings. The fourth-order valence-corrected chi connectivity index (χ4v) is 5.39. The molecule has 1 saturated carbocycles. The van der Waals surface area contributed by atoms with Crippen LogP contribution in [0.25, 0.3) is 0 Å². The first-order chi connectivity index (χ1) is 13.4. The van der Waals surface area contributed by atoms with Gasteiger partial charge in [0.2, 0.25) is 11.8 Å². The van der Waals surface area contributed by atoms with E-state index in [9.17, 15) is 24.2 Å². The minimum Gasteiger partial charge on any atom is -0.390 e. The van der Waals surface area contributed by atoms with E-state index in [2.05, 4.69) is 10.3 Å². The molecule has 9 heteroatoms. The van der Waals surface area contributed by atoms with Crippen LogP contribution in [0, 0.1) is 17.7 Å². The first kappa shape index (κ1) is 17.7. The summed E-state index contributed by atoms with van der Waals surface area (Å²) in [5.74, 6) is -3.39. The second-order valence-corrected chi connectivity index (χ2v) is 8.09. The molecule has 2 N–H and O–H groups in total. The predicted molar refractivity (Wildman–Crippen MR) is 93.1 cm³/mol. The van der Waals surface area contributed by atoms with Crippen molar-refractivity contribution in [2.24, 2.45) is 22.2 Å². The van der Waals surface area contributed by atoms with Crippen molar-refractivity contribution in [1.29, 1.82) is 0 Å². The number of carbonyl (C=O) groups excluding carboxylic acids is 2. The highest BCUT2D eigenvalue weighted by Gasteiger charge is 2.64. The number of aryl methyl sites for hydroxylation is 1. The van der Waals surface area contributed by atoms with Crippen LogP contribution in [0.1, 0.15) is 30.0 Å². The second kappa shape index (κ2) is 6.05. The van der Waals surface area contributed by atoms with Crippen molar-refractivity contribution in [2.75, 3.05) is 7.05 Å². The molecule has 28 heavy (non-hydrogen) atoms. The van der Waals surface area contributed by atoms with Crippen molar-refractivity contribution in [3.8, 4) is 0 Å². The Morgan fingerprint density at radius 1 is 1.14 bits per heavy atom. The average Bonchev–Trinajstić information content (AvgIpc) is 3.17. The molecule has 1 saturated heterocycles. The third-order valence-corrected chi connectivity index (χ3v) is 6.67. The van der Waals surface area contributed by atoms with Gasteiger partial charge in [-0.25, -0.2) is 4.39 Å². The minimum atomic E-state index is -1.19. The van der Waals surface area contributed by atoms with Crippen LogP contribution in [-0.2, 0) is 16.0 Å². The van der Waals surface area contributed by atoms with Crippen molar-refractivity contribution in [2.45, 2.75) is 49.6 Å². The zero-order chi connectivity index (χ0) is 19.7. The van der Waals surface area contributed by atoms with Crippen molar-refractivity contribution in [3.63, 3.8) is 0 Å². The van der Waals surface area contributed by atoms with Crippen LogP contribution in [0.4, 0.5) is 4.39 Å². The molecule has 0 aromatic heterocycles. The topological polar surface area (TPSA) is 106 Å². The molecule has 148 valence electrons. The van der Waals surface area contributed by atoms with Crippen molar-refractivity contribution in [3.05, 3.63) is 35.1 Å². The summed E-state index contributed by atoms with van der Waals surface area (Å²) in [6.45, 7) is 0. The number of imide groups is 1. The maximum atomic E-state index is 13.6. The van der Waals surface area contributed by atoms with Gasteiger partial charge in [-0.05, 0) is 42.5 Å². The van der Waals surface area contributed by atoms with Crippen molar-refractivity contribution in [1.82, 2.24) is 9.91 Å². The summed E-state index contributed by atoms with van der Waals surface area (Å²) < 4.78 is 13.6. The van der Waals surface area contributed by atoms with Gasteiger partial charge in [0.15, 0.2) is 0 Å². The number of aliphatic hydroxyl groups is 2. The molecule has 1 aromatic carbocycles. The number of nitrogens with zero attached hydrogens (tertiary/aromatic N) is 4. The van der Waals surface area contributed by atoms with Crippen LogP contribution in [0.15, 0.2) is 28.5 Å². The molecule has 0 radical (unpaired) electrons. The summed E-state index contributed by atoms with van der Waals surface area (Å²) in [5.41, 5.74) is 1.55. The number of rotatable bonds is 1. The predicted octanol–water partition coefficient (Wildman–Crippen LogP) is 0.589. The lowest BCUT2D eigenvalue weighted by Gasteiger charge is -2.39. The smallest absolute Gasteiger partial charge is 0.236 e. The van der Waals surface area contributed by atoms with E-state index in [1.165, 1.54) is 22.0 Å². The molecular formula is C19H21FN4O4. The molecule has 2 aliphatic carbocycles. The Hall–Kier alpha value is -2.39. The fraction of sp³-hybridized carbons (Fsp3) is 0.579. The normalized spacial score (nSPS) is 39.2. The molecule has 0 bridgehead atoms. The third-order valence-electron chi connectivity index (χ3n) is 6.67. The lowest BCUT2D eigenvalue weighted by atomic mass is 9.72. The van der Waals surface area contributed by atoms with Crippen LogP contribution in [0.5, 0.6) is 0 Å². The molecule has 2 fully saturated rings. The Balaban J connectivity index is 1.54. The molecule has 7 unspecified atom stereocenters. The molecule has 1 aromatic rings. The van der Waals surface area contributed by atoms with Crippen LogP contribution < -0.4 is 0 Å². The van der Waals surface area contributed by atoms with E-state index in [1.807, 2.05) is 0 Å². The number of hydrogen-bond acceptors (Lipinski definition) is 7. The average molecular weight is 388 g/mol. The number of likely N-dealkylation sites (tertiary alicyclic amines) is 1. The minimum absolute atomic E-state index is 0.348. The third kappa shape index (κ3) is 2.23. The van der Waals surface area contributed by atoms with E-state index >= 15 is 0 Å². The van der Waals surface area contributed by atoms with E-state index in [0.29, 0.717) is 12.8 Å². The summed E-state index contributed by atoms with van der Waals surface area (Å²) in [4.78, 5) is 27.7. The number of amides is 2. The monoisotopic (exact) mass is 388 g/mol. The van der Waals surface area contributed by atoms with Gasteiger partial charge >= 0.3 is 0 Å². The van der Waals surface area contributed by atoms with E-state index < -0.39 is 54.0 Å². The maximum Gasteiger partial charge on any atom is 0.236 e.